The summed E-state index contributed by atoms with van der Waals surface area (Å²) in [7, 11) is 0. The van der Waals surface area contributed by atoms with E-state index >= 15 is 4.39 Å². The maximum atomic E-state index is 15.2. The zero-order chi connectivity index (χ0) is 25.0. The van der Waals surface area contributed by atoms with Gasteiger partial charge in [0.25, 0.3) is 5.91 Å². The van der Waals surface area contributed by atoms with Gasteiger partial charge in [0.2, 0.25) is 0 Å². The van der Waals surface area contributed by atoms with Crippen LogP contribution >= 0.6 is 11.3 Å². The quantitative estimate of drug-likeness (QED) is 0.373. The highest BCUT2D eigenvalue weighted by atomic mass is 32.1. The van der Waals surface area contributed by atoms with Crippen molar-refractivity contribution in [3.05, 3.63) is 81.1 Å². The number of thiophene rings is 1. The van der Waals surface area contributed by atoms with E-state index in [1.165, 1.54) is 22.6 Å². The molecule has 0 bridgehead atoms. The van der Waals surface area contributed by atoms with Crippen LogP contribution in [0.5, 0.6) is 0 Å². The molecule has 0 radical (unpaired) electrons. The molecule has 1 N–H and O–H groups in total. The van der Waals surface area contributed by atoms with Gasteiger partial charge in [-0.3, -0.25) is 4.79 Å². The number of carboxylic acids is 1. The lowest BCUT2D eigenvalue weighted by molar-refractivity contribution is -0.131. The zero-order valence-corrected chi connectivity index (χ0v) is 20.3. The number of carboxylic acid groups (broad SMARTS) is 1. The van der Waals surface area contributed by atoms with Gasteiger partial charge in [-0.25, -0.2) is 18.7 Å². The Morgan fingerprint density at radius 2 is 2.06 bits per heavy atom. The van der Waals surface area contributed by atoms with Crippen LogP contribution in [0.3, 0.4) is 0 Å². The molecule has 1 atom stereocenters. The number of carbonyl (C=O) groups excluding carboxylic acids is 1. The van der Waals surface area contributed by atoms with E-state index in [4.69, 9.17) is 5.11 Å². The van der Waals surface area contributed by atoms with Crippen LogP contribution in [0.1, 0.15) is 63.9 Å². The van der Waals surface area contributed by atoms with Crippen molar-refractivity contribution in [2.75, 3.05) is 6.54 Å². The fraction of sp³-hybridized carbons (Fsp3) is 0.259. The van der Waals surface area contributed by atoms with Gasteiger partial charge in [0, 0.05) is 46.3 Å². The van der Waals surface area contributed by atoms with Gasteiger partial charge in [-0.15, -0.1) is 11.3 Å². The van der Waals surface area contributed by atoms with Gasteiger partial charge < -0.3 is 10.0 Å². The van der Waals surface area contributed by atoms with E-state index in [-0.39, 0.29) is 29.0 Å². The summed E-state index contributed by atoms with van der Waals surface area (Å²) in [5.74, 6) is -1.54. The Hall–Kier alpha value is -3.85. The zero-order valence-electron chi connectivity index (χ0n) is 19.5. The third-order valence-electron chi connectivity index (χ3n) is 6.92. The van der Waals surface area contributed by atoms with E-state index in [0.717, 1.165) is 31.0 Å². The molecule has 0 saturated heterocycles. The van der Waals surface area contributed by atoms with Crippen molar-refractivity contribution >= 4 is 34.9 Å². The van der Waals surface area contributed by atoms with Gasteiger partial charge in [0.1, 0.15) is 11.5 Å². The van der Waals surface area contributed by atoms with E-state index in [1.54, 1.807) is 34.1 Å². The lowest BCUT2D eigenvalue weighted by Gasteiger charge is -2.33. The maximum absolute atomic E-state index is 15.2. The minimum Gasteiger partial charge on any atom is -0.478 e. The number of aliphatic carboxylic acids is 1. The molecule has 182 valence electrons. The summed E-state index contributed by atoms with van der Waals surface area (Å²) in [5, 5.41) is 15.6. The summed E-state index contributed by atoms with van der Waals surface area (Å²) < 4.78 is 16.9. The fourth-order valence-electron chi connectivity index (χ4n) is 4.88. The van der Waals surface area contributed by atoms with Gasteiger partial charge in [0.05, 0.1) is 11.7 Å². The van der Waals surface area contributed by atoms with Crippen LogP contribution in [0.25, 0.3) is 23.0 Å². The van der Waals surface area contributed by atoms with Gasteiger partial charge in [-0.1, -0.05) is 12.1 Å². The van der Waals surface area contributed by atoms with Crippen LogP contribution in [0.4, 0.5) is 4.39 Å². The Morgan fingerprint density at radius 1 is 1.22 bits per heavy atom. The molecule has 4 aromatic rings. The van der Waals surface area contributed by atoms with Crippen molar-refractivity contribution in [1.82, 2.24) is 19.5 Å². The number of benzene rings is 1. The molecule has 3 aromatic heterocycles. The summed E-state index contributed by atoms with van der Waals surface area (Å²) in [4.78, 5) is 32.3. The van der Waals surface area contributed by atoms with Crippen LogP contribution in [0.15, 0.2) is 47.9 Å². The van der Waals surface area contributed by atoms with Gasteiger partial charge >= 0.3 is 5.97 Å². The number of halogens is 1. The summed E-state index contributed by atoms with van der Waals surface area (Å²) in [5.41, 5.74) is 3.75. The molecular weight excluding hydrogens is 479 g/mol. The smallest absolute Gasteiger partial charge is 0.328 e. The highest BCUT2D eigenvalue weighted by Gasteiger charge is 2.33. The van der Waals surface area contributed by atoms with Crippen LogP contribution in [-0.4, -0.2) is 43.0 Å². The molecule has 36 heavy (non-hydrogen) atoms. The van der Waals surface area contributed by atoms with Crippen LogP contribution in [0.2, 0.25) is 0 Å². The molecule has 9 heteroatoms. The highest BCUT2D eigenvalue weighted by molar-refractivity contribution is 7.10. The molecule has 1 aromatic carbocycles. The lowest BCUT2D eigenvalue weighted by Crippen LogP contribution is -2.38. The summed E-state index contributed by atoms with van der Waals surface area (Å²) in [6, 6.07) is 10.4. The Kier molecular flexibility index (Phi) is 5.44. The SMILES string of the molecule is CC1c2ccsc2CCN1C(=O)c1cc(C2CC2)n2nc(-c3cccc(/C=C/C(=O)O)c3F)cc2n1. The monoisotopic (exact) mass is 502 g/mol. The van der Waals surface area contributed by atoms with Crippen LogP contribution in [0, 0.1) is 5.82 Å². The third-order valence-corrected chi connectivity index (χ3v) is 7.91. The number of fused-ring (bicyclic) bond motifs is 2. The first-order valence-electron chi connectivity index (χ1n) is 11.9. The molecule has 1 aliphatic carbocycles. The Bertz CT molecular complexity index is 1550. The summed E-state index contributed by atoms with van der Waals surface area (Å²) >= 11 is 1.73. The molecule has 1 saturated carbocycles. The maximum Gasteiger partial charge on any atom is 0.328 e. The fourth-order valence-corrected chi connectivity index (χ4v) is 5.84. The molecule has 6 rings (SSSR count). The number of amides is 1. The van der Waals surface area contributed by atoms with E-state index in [2.05, 4.69) is 28.5 Å². The molecule has 4 heterocycles. The average molecular weight is 503 g/mol. The standard InChI is InChI=1S/C27H23FN4O3S/c1-15-18-10-12-36-23(18)9-11-31(15)27(35)21-13-22(16-5-6-16)32-24(29-21)14-20(30-32)19-4-2-3-17(26(19)28)7-8-25(33)34/h2-4,7-8,10,12-16H,5-6,9,11H2,1H3,(H,33,34)/b8-7+. The van der Waals surface area contributed by atoms with Gasteiger partial charge in [0.15, 0.2) is 5.65 Å². The summed E-state index contributed by atoms with van der Waals surface area (Å²) in [6.45, 7) is 2.69. The van der Waals surface area contributed by atoms with Crippen LogP contribution < -0.4 is 0 Å². The van der Waals surface area contributed by atoms with Gasteiger partial charge in [-0.05, 0) is 61.4 Å². The second-order valence-electron chi connectivity index (χ2n) is 9.24. The first kappa shape index (κ1) is 22.6. The molecule has 1 unspecified atom stereocenters. The van der Waals surface area contributed by atoms with Gasteiger partial charge in [-0.2, -0.15) is 5.10 Å². The number of carbonyl (C=O) groups is 2. The van der Waals surface area contributed by atoms with Crippen molar-refractivity contribution in [2.45, 2.75) is 38.1 Å². The van der Waals surface area contributed by atoms with Crippen molar-refractivity contribution in [3.8, 4) is 11.3 Å². The normalized spacial score (nSPS) is 17.6. The van der Waals surface area contributed by atoms with Crippen molar-refractivity contribution in [2.24, 2.45) is 0 Å². The first-order chi connectivity index (χ1) is 17.4. The Morgan fingerprint density at radius 3 is 2.83 bits per heavy atom. The molecule has 1 amide bonds. The number of hydrogen-bond donors (Lipinski definition) is 1. The third kappa shape index (κ3) is 3.89. The number of aromatic nitrogens is 3. The second kappa shape index (κ2) is 8.67. The topological polar surface area (TPSA) is 87.8 Å². The molecule has 2 aliphatic rings. The predicted octanol–water partition coefficient (Wildman–Crippen LogP) is 5.33. The molecule has 0 spiro atoms. The average Bonchev–Trinajstić information content (AvgIpc) is 3.43. The van der Waals surface area contributed by atoms with Crippen molar-refractivity contribution in [1.29, 1.82) is 0 Å². The summed E-state index contributed by atoms with van der Waals surface area (Å²) in [6.07, 6.45) is 4.97. The minimum atomic E-state index is -1.15. The molecule has 7 nitrogen and oxygen atoms in total. The van der Waals surface area contributed by atoms with Crippen molar-refractivity contribution in [3.63, 3.8) is 0 Å². The molecule has 1 fully saturated rings. The number of nitrogens with zero attached hydrogens (tertiary/aromatic N) is 4. The minimum absolute atomic E-state index is 0.0222. The molecular formula is C27H23FN4O3S. The van der Waals surface area contributed by atoms with E-state index in [9.17, 15) is 9.59 Å². The molecule has 1 aliphatic heterocycles. The van der Waals surface area contributed by atoms with Crippen molar-refractivity contribution < 1.29 is 19.1 Å². The largest absolute Gasteiger partial charge is 0.478 e. The number of hydrogen-bond acceptors (Lipinski definition) is 5. The van der Waals surface area contributed by atoms with E-state index in [0.29, 0.717) is 23.6 Å². The number of rotatable bonds is 5. The van der Waals surface area contributed by atoms with E-state index in [1.807, 2.05) is 11.0 Å². The highest BCUT2D eigenvalue weighted by Crippen LogP contribution is 2.41. The lowest BCUT2D eigenvalue weighted by atomic mass is 10.0. The van der Waals surface area contributed by atoms with Crippen LogP contribution in [-0.2, 0) is 11.2 Å². The second-order valence-corrected chi connectivity index (χ2v) is 10.2. The Labute approximate surface area is 210 Å². The van der Waals surface area contributed by atoms with E-state index < -0.39 is 11.8 Å². The Balaban J connectivity index is 1.40. The first-order valence-corrected chi connectivity index (χ1v) is 12.8. The predicted molar refractivity (Wildman–Crippen MR) is 135 cm³/mol.